The molecule has 0 saturated heterocycles. The van der Waals surface area contributed by atoms with E-state index in [2.05, 4.69) is 5.32 Å². The highest BCUT2D eigenvalue weighted by molar-refractivity contribution is 5.78. The van der Waals surface area contributed by atoms with Crippen LogP contribution in [0.4, 0.5) is 0 Å². The van der Waals surface area contributed by atoms with Crippen molar-refractivity contribution in [1.29, 1.82) is 0 Å². The summed E-state index contributed by atoms with van der Waals surface area (Å²) in [4.78, 5) is 11.5. The summed E-state index contributed by atoms with van der Waals surface area (Å²) in [6.07, 6.45) is -0.724. The van der Waals surface area contributed by atoms with Crippen LogP contribution in [0.25, 0.3) is 0 Å². The molecule has 0 aliphatic carbocycles. The minimum atomic E-state index is -0.724. The van der Waals surface area contributed by atoms with Crippen molar-refractivity contribution >= 4 is 5.91 Å². The zero-order chi connectivity index (χ0) is 13.7. The molecular formula is C14H21NO3. The highest BCUT2D eigenvalue weighted by atomic mass is 16.5. The monoisotopic (exact) mass is 251 g/mol. The number of aliphatic hydroxyl groups excluding tert-OH is 1. The lowest BCUT2D eigenvalue weighted by atomic mass is 10.0. The average molecular weight is 251 g/mol. The number of carbonyl (C=O) groups is 1. The number of aliphatic hydroxyl groups is 1. The molecule has 1 amide bonds. The predicted octanol–water partition coefficient (Wildman–Crippen LogP) is 1.89. The summed E-state index contributed by atoms with van der Waals surface area (Å²) < 4.78 is 5.05. The SMILES string of the molecule is COc1ccc(C(O)C(C)NC(=O)C(C)C)cc1. The molecule has 2 unspecified atom stereocenters. The van der Waals surface area contributed by atoms with Gasteiger partial charge >= 0.3 is 0 Å². The van der Waals surface area contributed by atoms with Crippen molar-refractivity contribution in [2.75, 3.05) is 7.11 Å². The standard InChI is InChI=1S/C14H21NO3/c1-9(2)14(17)15-10(3)13(16)11-5-7-12(18-4)8-6-11/h5-10,13,16H,1-4H3,(H,15,17). The second-order valence-corrected chi connectivity index (χ2v) is 4.67. The maximum Gasteiger partial charge on any atom is 0.222 e. The molecule has 1 rings (SSSR count). The van der Waals surface area contributed by atoms with Gasteiger partial charge in [-0.15, -0.1) is 0 Å². The Hall–Kier alpha value is -1.55. The predicted molar refractivity (Wildman–Crippen MR) is 70.4 cm³/mol. The molecule has 0 heterocycles. The first-order valence-electron chi connectivity index (χ1n) is 6.08. The number of benzene rings is 1. The van der Waals surface area contributed by atoms with Crippen LogP contribution >= 0.6 is 0 Å². The number of rotatable bonds is 5. The molecule has 0 spiro atoms. The lowest BCUT2D eigenvalue weighted by Crippen LogP contribution is -2.39. The normalized spacial score (nSPS) is 14.1. The fraction of sp³-hybridized carbons (Fsp3) is 0.500. The van der Waals surface area contributed by atoms with Gasteiger partial charge in [-0.1, -0.05) is 26.0 Å². The van der Waals surface area contributed by atoms with E-state index in [1.165, 1.54) is 0 Å². The van der Waals surface area contributed by atoms with Gasteiger partial charge in [0.15, 0.2) is 0 Å². The zero-order valence-corrected chi connectivity index (χ0v) is 11.3. The van der Waals surface area contributed by atoms with Crippen LogP contribution in [-0.4, -0.2) is 24.2 Å². The number of ether oxygens (including phenoxy) is 1. The van der Waals surface area contributed by atoms with Crippen LogP contribution in [0.1, 0.15) is 32.4 Å². The first-order valence-corrected chi connectivity index (χ1v) is 6.08. The van der Waals surface area contributed by atoms with Crippen LogP contribution in [0, 0.1) is 5.92 Å². The Morgan fingerprint density at radius 3 is 2.22 bits per heavy atom. The van der Waals surface area contributed by atoms with Crippen LogP contribution in [-0.2, 0) is 4.79 Å². The van der Waals surface area contributed by atoms with Crippen LogP contribution in [0.3, 0.4) is 0 Å². The Labute approximate surface area is 108 Å². The van der Waals surface area contributed by atoms with Gasteiger partial charge in [0.1, 0.15) is 5.75 Å². The Kier molecular flexibility index (Phi) is 5.16. The Morgan fingerprint density at radius 1 is 1.22 bits per heavy atom. The number of methoxy groups -OCH3 is 1. The Bertz CT molecular complexity index is 387. The number of hydrogen-bond acceptors (Lipinski definition) is 3. The summed E-state index contributed by atoms with van der Waals surface area (Å²) in [5.74, 6) is 0.593. The molecule has 0 radical (unpaired) electrons. The summed E-state index contributed by atoms with van der Waals surface area (Å²) >= 11 is 0. The summed E-state index contributed by atoms with van der Waals surface area (Å²) in [5, 5.41) is 12.9. The summed E-state index contributed by atoms with van der Waals surface area (Å²) in [6, 6.07) is 6.84. The van der Waals surface area contributed by atoms with E-state index in [9.17, 15) is 9.90 Å². The van der Waals surface area contributed by atoms with E-state index in [4.69, 9.17) is 4.74 Å². The molecule has 0 bridgehead atoms. The lowest BCUT2D eigenvalue weighted by Gasteiger charge is -2.21. The van der Waals surface area contributed by atoms with Crippen molar-refractivity contribution in [3.63, 3.8) is 0 Å². The smallest absolute Gasteiger partial charge is 0.222 e. The minimum absolute atomic E-state index is 0.0601. The van der Waals surface area contributed by atoms with Crippen molar-refractivity contribution in [3.8, 4) is 5.75 Å². The van der Waals surface area contributed by atoms with Crippen molar-refractivity contribution in [2.24, 2.45) is 5.92 Å². The summed E-state index contributed by atoms with van der Waals surface area (Å²) in [7, 11) is 1.59. The van der Waals surface area contributed by atoms with E-state index < -0.39 is 6.10 Å². The Morgan fingerprint density at radius 2 is 1.78 bits per heavy atom. The third kappa shape index (κ3) is 3.74. The molecule has 0 saturated carbocycles. The quantitative estimate of drug-likeness (QED) is 0.840. The molecular weight excluding hydrogens is 230 g/mol. The van der Waals surface area contributed by atoms with Crippen molar-refractivity contribution in [1.82, 2.24) is 5.32 Å². The van der Waals surface area contributed by atoms with Crippen LogP contribution in [0.2, 0.25) is 0 Å². The van der Waals surface area contributed by atoms with E-state index in [-0.39, 0.29) is 17.9 Å². The zero-order valence-electron chi connectivity index (χ0n) is 11.3. The molecule has 1 aromatic rings. The lowest BCUT2D eigenvalue weighted by molar-refractivity contribution is -0.125. The number of nitrogens with one attached hydrogen (secondary N) is 1. The van der Waals surface area contributed by atoms with Crippen molar-refractivity contribution < 1.29 is 14.6 Å². The van der Waals surface area contributed by atoms with Gasteiger partial charge in [-0.05, 0) is 24.6 Å². The van der Waals surface area contributed by atoms with E-state index in [1.807, 2.05) is 13.8 Å². The van der Waals surface area contributed by atoms with Gasteiger partial charge in [0.05, 0.1) is 19.3 Å². The van der Waals surface area contributed by atoms with Crippen molar-refractivity contribution in [2.45, 2.75) is 32.9 Å². The van der Waals surface area contributed by atoms with E-state index >= 15 is 0 Å². The number of carbonyl (C=O) groups excluding carboxylic acids is 1. The topological polar surface area (TPSA) is 58.6 Å². The van der Waals surface area contributed by atoms with E-state index in [0.717, 1.165) is 11.3 Å². The molecule has 2 N–H and O–H groups in total. The van der Waals surface area contributed by atoms with E-state index in [0.29, 0.717) is 0 Å². The molecule has 18 heavy (non-hydrogen) atoms. The largest absolute Gasteiger partial charge is 0.497 e. The molecule has 1 aromatic carbocycles. The Balaban J connectivity index is 2.67. The minimum Gasteiger partial charge on any atom is -0.497 e. The molecule has 100 valence electrons. The molecule has 0 aliphatic rings. The van der Waals surface area contributed by atoms with Gasteiger partial charge in [-0.3, -0.25) is 4.79 Å². The third-order valence-corrected chi connectivity index (χ3v) is 2.83. The van der Waals surface area contributed by atoms with Crippen molar-refractivity contribution in [3.05, 3.63) is 29.8 Å². The van der Waals surface area contributed by atoms with Crippen LogP contribution in [0.15, 0.2) is 24.3 Å². The number of hydrogen-bond donors (Lipinski definition) is 2. The van der Waals surface area contributed by atoms with Crippen LogP contribution < -0.4 is 10.1 Å². The second-order valence-electron chi connectivity index (χ2n) is 4.67. The fourth-order valence-corrected chi connectivity index (χ4v) is 1.56. The second kappa shape index (κ2) is 6.40. The molecule has 0 aromatic heterocycles. The molecule has 0 aliphatic heterocycles. The first kappa shape index (κ1) is 14.5. The maximum absolute atomic E-state index is 11.5. The van der Waals surface area contributed by atoms with Gasteiger partial charge in [0.2, 0.25) is 5.91 Å². The first-order chi connectivity index (χ1) is 8.45. The molecule has 4 nitrogen and oxygen atoms in total. The third-order valence-electron chi connectivity index (χ3n) is 2.83. The average Bonchev–Trinajstić information content (AvgIpc) is 2.37. The van der Waals surface area contributed by atoms with Gasteiger partial charge in [0.25, 0.3) is 0 Å². The van der Waals surface area contributed by atoms with Gasteiger partial charge in [0, 0.05) is 5.92 Å². The van der Waals surface area contributed by atoms with E-state index in [1.54, 1.807) is 38.3 Å². The molecule has 0 fully saturated rings. The van der Waals surface area contributed by atoms with Gasteiger partial charge < -0.3 is 15.2 Å². The van der Waals surface area contributed by atoms with Gasteiger partial charge in [-0.25, -0.2) is 0 Å². The molecule has 2 atom stereocenters. The fourth-order valence-electron chi connectivity index (χ4n) is 1.56. The summed E-state index contributed by atoms with van der Waals surface area (Å²) in [5.41, 5.74) is 0.757. The number of amides is 1. The highest BCUT2D eigenvalue weighted by Gasteiger charge is 2.19. The van der Waals surface area contributed by atoms with Gasteiger partial charge in [-0.2, -0.15) is 0 Å². The molecule has 4 heteroatoms. The van der Waals surface area contributed by atoms with Crippen LogP contribution in [0.5, 0.6) is 5.75 Å². The summed E-state index contributed by atoms with van der Waals surface area (Å²) in [6.45, 7) is 5.43. The highest BCUT2D eigenvalue weighted by Crippen LogP contribution is 2.20. The maximum atomic E-state index is 11.5.